The van der Waals surface area contributed by atoms with E-state index in [1.807, 2.05) is 0 Å². The van der Waals surface area contributed by atoms with E-state index in [1.165, 1.54) is 0 Å². The number of aliphatic carboxylic acids is 1. The third-order valence-corrected chi connectivity index (χ3v) is 3.32. The predicted octanol–water partition coefficient (Wildman–Crippen LogP) is 1.81. The van der Waals surface area contributed by atoms with E-state index in [2.05, 4.69) is 10.5 Å². The fourth-order valence-electron chi connectivity index (χ4n) is 2.25. The van der Waals surface area contributed by atoms with Crippen molar-refractivity contribution < 1.29 is 19.2 Å². The molecule has 6 nitrogen and oxygen atoms in total. The number of carboxylic acids is 1. The van der Waals surface area contributed by atoms with E-state index in [9.17, 15) is 9.59 Å². The maximum Gasteiger partial charge on any atom is 0.306 e. The summed E-state index contributed by atoms with van der Waals surface area (Å²) in [6, 6.07) is 1.65. The Kier molecular flexibility index (Phi) is 3.64. The van der Waals surface area contributed by atoms with E-state index in [0.29, 0.717) is 37.3 Å². The normalized spacial score (nSPS) is 23.6. The summed E-state index contributed by atoms with van der Waals surface area (Å²) in [5.41, 5.74) is 0.708. The zero-order valence-electron chi connectivity index (χ0n) is 10.2. The quantitative estimate of drug-likeness (QED) is 0.855. The van der Waals surface area contributed by atoms with Crippen molar-refractivity contribution in [2.75, 3.05) is 5.32 Å². The molecule has 98 valence electrons. The number of nitrogens with zero attached hydrogens (tertiary/aromatic N) is 1. The minimum absolute atomic E-state index is 0.116. The first-order valence-corrected chi connectivity index (χ1v) is 6.03. The first-order valence-electron chi connectivity index (χ1n) is 6.03. The summed E-state index contributed by atoms with van der Waals surface area (Å²) in [6.45, 7) is 1.78. The predicted molar refractivity (Wildman–Crippen MR) is 63.0 cm³/mol. The molecule has 1 amide bonds. The van der Waals surface area contributed by atoms with Gasteiger partial charge in [-0.15, -0.1) is 0 Å². The van der Waals surface area contributed by atoms with Crippen LogP contribution in [0.15, 0.2) is 10.6 Å². The fraction of sp³-hybridized carbons (Fsp3) is 0.583. The van der Waals surface area contributed by atoms with Gasteiger partial charge >= 0.3 is 5.97 Å². The molecule has 6 heteroatoms. The summed E-state index contributed by atoms with van der Waals surface area (Å²) < 4.78 is 4.91. The molecule has 1 aromatic rings. The molecule has 18 heavy (non-hydrogen) atoms. The van der Waals surface area contributed by atoms with Crippen LogP contribution < -0.4 is 5.32 Å². The number of carbonyl (C=O) groups excluding carboxylic acids is 1. The van der Waals surface area contributed by atoms with Gasteiger partial charge in [0, 0.05) is 12.0 Å². The molecule has 0 saturated heterocycles. The summed E-state index contributed by atoms with van der Waals surface area (Å²) in [7, 11) is 0. The first kappa shape index (κ1) is 12.6. The Morgan fingerprint density at radius 1 is 1.33 bits per heavy atom. The lowest BCUT2D eigenvalue weighted by molar-refractivity contribution is -0.143. The second-order valence-corrected chi connectivity index (χ2v) is 4.71. The van der Waals surface area contributed by atoms with Crippen molar-refractivity contribution in [3.63, 3.8) is 0 Å². The molecule has 2 rings (SSSR count). The third-order valence-electron chi connectivity index (χ3n) is 3.32. The third kappa shape index (κ3) is 2.88. The summed E-state index contributed by atoms with van der Waals surface area (Å²) in [6.07, 6.45) is 2.33. The molecule has 1 saturated carbocycles. The Morgan fingerprint density at radius 3 is 2.44 bits per heavy atom. The van der Waals surface area contributed by atoms with Crippen molar-refractivity contribution in [1.29, 1.82) is 0 Å². The Bertz CT molecular complexity index is 447. The minimum Gasteiger partial charge on any atom is -0.481 e. The zero-order chi connectivity index (χ0) is 13.1. The van der Waals surface area contributed by atoms with Crippen LogP contribution in [0.4, 0.5) is 5.88 Å². The van der Waals surface area contributed by atoms with Gasteiger partial charge in [0.05, 0.1) is 11.6 Å². The highest BCUT2D eigenvalue weighted by Gasteiger charge is 2.30. The monoisotopic (exact) mass is 252 g/mol. The van der Waals surface area contributed by atoms with Crippen LogP contribution in [0.5, 0.6) is 0 Å². The topological polar surface area (TPSA) is 92.4 Å². The maximum atomic E-state index is 11.9. The Balaban J connectivity index is 1.86. The Morgan fingerprint density at radius 2 is 1.94 bits per heavy atom. The molecule has 0 aliphatic heterocycles. The number of hydrogen-bond donors (Lipinski definition) is 2. The van der Waals surface area contributed by atoms with Gasteiger partial charge in [-0.25, -0.2) is 0 Å². The number of rotatable bonds is 3. The van der Waals surface area contributed by atoms with E-state index < -0.39 is 5.97 Å². The highest BCUT2D eigenvalue weighted by Crippen LogP contribution is 2.29. The van der Waals surface area contributed by atoms with Gasteiger partial charge in [0.1, 0.15) is 0 Å². The number of hydrogen-bond acceptors (Lipinski definition) is 4. The number of amides is 1. The van der Waals surface area contributed by atoms with Crippen LogP contribution in [-0.2, 0) is 9.59 Å². The lowest BCUT2D eigenvalue weighted by Crippen LogP contribution is -2.29. The summed E-state index contributed by atoms with van der Waals surface area (Å²) in [5.74, 6) is -0.972. The zero-order valence-corrected chi connectivity index (χ0v) is 10.2. The fourth-order valence-corrected chi connectivity index (χ4v) is 2.25. The van der Waals surface area contributed by atoms with Crippen LogP contribution in [0.3, 0.4) is 0 Å². The molecule has 0 radical (unpaired) electrons. The van der Waals surface area contributed by atoms with Crippen LogP contribution >= 0.6 is 0 Å². The number of nitrogens with one attached hydrogen (secondary N) is 1. The standard InChI is InChI=1S/C12H16N2O4/c1-7-6-10(18-14-7)13-11(15)8-2-4-9(5-3-8)12(16)17/h6,8-9H,2-5H2,1H3,(H,13,15)(H,16,17). The van der Waals surface area contributed by atoms with Gasteiger partial charge in [-0.3, -0.25) is 14.9 Å². The largest absolute Gasteiger partial charge is 0.481 e. The minimum atomic E-state index is -0.764. The van der Waals surface area contributed by atoms with Crippen molar-refractivity contribution in [3.8, 4) is 0 Å². The van der Waals surface area contributed by atoms with Crippen LogP contribution in [0, 0.1) is 18.8 Å². The van der Waals surface area contributed by atoms with E-state index >= 15 is 0 Å². The van der Waals surface area contributed by atoms with Gasteiger partial charge in [0.25, 0.3) is 0 Å². The van der Waals surface area contributed by atoms with Gasteiger partial charge in [0.2, 0.25) is 11.8 Å². The Hall–Kier alpha value is -1.85. The molecular weight excluding hydrogens is 236 g/mol. The van der Waals surface area contributed by atoms with Gasteiger partial charge in [-0.05, 0) is 32.6 Å². The van der Waals surface area contributed by atoms with Gasteiger partial charge < -0.3 is 9.63 Å². The summed E-state index contributed by atoms with van der Waals surface area (Å²) in [5, 5.41) is 15.2. The average Bonchev–Trinajstić information content (AvgIpc) is 2.75. The molecule has 1 aliphatic rings. The molecule has 0 unspecified atom stereocenters. The van der Waals surface area contributed by atoms with Crippen LogP contribution in [-0.4, -0.2) is 22.1 Å². The maximum absolute atomic E-state index is 11.9. The molecule has 1 heterocycles. The first-order chi connectivity index (χ1) is 8.56. The molecule has 0 aromatic carbocycles. The molecular formula is C12H16N2O4. The lowest BCUT2D eigenvalue weighted by Gasteiger charge is -2.24. The molecule has 0 atom stereocenters. The van der Waals surface area contributed by atoms with E-state index in [1.54, 1.807) is 13.0 Å². The van der Waals surface area contributed by atoms with Crippen molar-refractivity contribution in [2.24, 2.45) is 11.8 Å². The molecule has 2 N–H and O–H groups in total. The van der Waals surface area contributed by atoms with Crippen molar-refractivity contribution >= 4 is 17.8 Å². The summed E-state index contributed by atoms with van der Waals surface area (Å²) in [4.78, 5) is 22.7. The number of carbonyl (C=O) groups is 2. The van der Waals surface area contributed by atoms with Crippen molar-refractivity contribution in [3.05, 3.63) is 11.8 Å². The number of aromatic nitrogens is 1. The van der Waals surface area contributed by atoms with Crippen molar-refractivity contribution in [2.45, 2.75) is 32.6 Å². The molecule has 0 bridgehead atoms. The molecule has 0 spiro atoms. The SMILES string of the molecule is Cc1cc(NC(=O)C2CCC(C(=O)O)CC2)on1. The van der Waals surface area contributed by atoms with Crippen LogP contribution in [0.2, 0.25) is 0 Å². The summed E-state index contributed by atoms with van der Waals surface area (Å²) >= 11 is 0. The van der Waals surface area contributed by atoms with Gasteiger partial charge in [0.15, 0.2) is 0 Å². The number of aryl methyl sites for hydroxylation is 1. The lowest BCUT2D eigenvalue weighted by atomic mass is 9.81. The highest BCUT2D eigenvalue weighted by molar-refractivity contribution is 5.91. The van der Waals surface area contributed by atoms with E-state index in [0.717, 1.165) is 0 Å². The van der Waals surface area contributed by atoms with E-state index in [-0.39, 0.29) is 17.7 Å². The second kappa shape index (κ2) is 5.20. The Labute approximate surface area is 104 Å². The number of anilines is 1. The van der Waals surface area contributed by atoms with Gasteiger partial charge in [-0.2, -0.15) is 0 Å². The molecule has 1 aromatic heterocycles. The van der Waals surface area contributed by atoms with Crippen LogP contribution in [0.25, 0.3) is 0 Å². The second-order valence-electron chi connectivity index (χ2n) is 4.71. The number of carboxylic acid groups (broad SMARTS) is 1. The van der Waals surface area contributed by atoms with E-state index in [4.69, 9.17) is 9.63 Å². The average molecular weight is 252 g/mol. The van der Waals surface area contributed by atoms with Crippen molar-refractivity contribution in [1.82, 2.24) is 5.16 Å². The molecule has 1 aliphatic carbocycles. The van der Waals surface area contributed by atoms with Gasteiger partial charge in [-0.1, -0.05) is 5.16 Å². The molecule has 1 fully saturated rings. The smallest absolute Gasteiger partial charge is 0.306 e. The van der Waals surface area contributed by atoms with Crippen LogP contribution in [0.1, 0.15) is 31.4 Å². The highest BCUT2D eigenvalue weighted by atomic mass is 16.5.